The molecule has 0 aliphatic carbocycles. The van der Waals surface area contributed by atoms with Crippen molar-refractivity contribution in [3.05, 3.63) is 59.1 Å². The third-order valence-electron chi connectivity index (χ3n) is 9.35. The Morgan fingerprint density at radius 2 is 1.03 bits per heavy atom. The van der Waals surface area contributed by atoms with E-state index in [1.165, 1.54) is 25.7 Å². The summed E-state index contributed by atoms with van der Waals surface area (Å²) < 4.78 is 150. The smallest absolute Gasteiger partial charge is 0.233 e. The Kier molecular flexibility index (Phi) is 16.8. The van der Waals surface area contributed by atoms with E-state index in [4.69, 9.17) is 28.9 Å². The Morgan fingerprint density at radius 3 is 1.49 bits per heavy atom. The van der Waals surface area contributed by atoms with Gasteiger partial charge in [-0.3, -0.25) is 0 Å². The average molecular weight is 1140 g/mol. The van der Waals surface area contributed by atoms with Gasteiger partial charge in [-0.1, -0.05) is 0 Å². The maximum absolute atomic E-state index is 12.7. The summed E-state index contributed by atoms with van der Waals surface area (Å²) in [6.45, 7) is 4.17. The Morgan fingerprint density at radius 1 is 0.595 bits per heavy atom. The van der Waals surface area contributed by atoms with Crippen LogP contribution in [0.2, 0.25) is 10.6 Å². The molecule has 74 heavy (non-hydrogen) atoms. The van der Waals surface area contributed by atoms with Crippen molar-refractivity contribution in [2.45, 2.75) is 58.7 Å². The molecule has 0 saturated heterocycles. The van der Waals surface area contributed by atoms with Crippen LogP contribution < -0.4 is 26.6 Å². The van der Waals surface area contributed by atoms with Crippen molar-refractivity contribution in [2.24, 2.45) is 20.5 Å². The van der Waals surface area contributed by atoms with E-state index in [0.717, 1.165) is 36.4 Å². The summed E-state index contributed by atoms with van der Waals surface area (Å²) in [5.41, 5.74) is 0.748. The molecular weight excluding hydrogens is 1110 g/mol. The molecule has 0 amide bonds. The highest BCUT2D eigenvalue weighted by atomic mass is 35.5. The molecule has 31 nitrogen and oxygen atoms in total. The Bertz CT molecular complexity index is 3700. The molecule has 0 aliphatic rings. The molecule has 9 N–H and O–H groups in total. The number of azo groups is 2. The summed E-state index contributed by atoms with van der Waals surface area (Å²) in [4.78, 5) is 20.2. The fourth-order valence-corrected chi connectivity index (χ4v) is 9.27. The fraction of sp³-hybridized carbons (Fsp3) is 0.243. The monoisotopic (exact) mass is 1140 g/mol. The van der Waals surface area contributed by atoms with Gasteiger partial charge in [0.25, 0.3) is 0 Å². The van der Waals surface area contributed by atoms with Gasteiger partial charge in [-0.25, -0.2) is 33.7 Å². The molecule has 0 saturated carbocycles. The molecule has 0 fully saturated rings. The summed E-state index contributed by atoms with van der Waals surface area (Å²) in [6.07, 6.45) is -2.72. The molecule has 3 atom stereocenters. The van der Waals surface area contributed by atoms with E-state index in [2.05, 4.69) is 66.3 Å². The number of rotatable bonds is 20. The highest BCUT2D eigenvalue weighted by molar-refractivity contribution is 7.86. The first-order valence-electron chi connectivity index (χ1n) is 20.3. The van der Waals surface area contributed by atoms with Crippen molar-refractivity contribution < 1.29 is 72.3 Å². The third-order valence-corrected chi connectivity index (χ3v) is 13.2. The van der Waals surface area contributed by atoms with Crippen LogP contribution in [0.15, 0.2) is 88.6 Å². The molecule has 0 aliphatic heterocycles. The average Bonchev–Trinajstić information content (AvgIpc) is 3.25. The zero-order valence-corrected chi connectivity index (χ0v) is 42.3. The predicted molar refractivity (Wildman–Crippen MR) is 255 cm³/mol. The van der Waals surface area contributed by atoms with Gasteiger partial charge in [0.15, 0.2) is 5.75 Å². The minimum absolute atomic E-state index is 0.0232. The van der Waals surface area contributed by atoms with Crippen molar-refractivity contribution in [1.82, 2.24) is 29.9 Å². The number of aromatic nitrogens is 6. The maximum atomic E-state index is 12.7. The number of aliphatic hydroxyl groups excluding tert-OH is 3. The molecule has 2 heterocycles. The molecule has 0 radical (unpaired) electrons. The number of nitrogen functional groups attached to an aromatic ring is 1. The summed E-state index contributed by atoms with van der Waals surface area (Å²) in [6, 6.07) is 6.02. The third kappa shape index (κ3) is 14.1. The van der Waals surface area contributed by atoms with Crippen LogP contribution >= 0.6 is 23.2 Å². The lowest BCUT2D eigenvalue weighted by Crippen LogP contribution is -2.37. The van der Waals surface area contributed by atoms with Gasteiger partial charge in [-0.15, -0.1) is 20.5 Å². The van der Waals surface area contributed by atoms with Crippen LogP contribution in [0, 0.1) is 0 Å². The second kappa shape index (κ2) is 22.0. The first-order chi connectivity index (χ1) is 34.3. The van der Waals surface area contributed by atoms with Gasteiger partial charge in [0.1, 0.15) is 63.2 Å². The Hall–Kier alpha value is -6.74. The van der Waals surface area contributed by atoms with Gasteiger partial charge >= 0.3 is 0 Å². The minimum atomic E-state index is -5.80. The van der Waals surface area contributed by atoms with E-state index in [1.54, 1.807) is 0 Å². The second-order valence-electron chi connectivity index (χ2n) is 15.5. The number of anilines is 7. The van der Waals surface area contributed by atoms with E-state index in [9.17, 15) is 72.3 Å². The van der Waals surface area contributed by atoms with Crippen LogP contribution in [-0.2, 0) is 40.5 Å². The molecule has 0 bridgehead atoms. The van der Waals surface area contributed by atoms with E-state index in [-0.39, 0.29) is 60.1 Å². The summed E-state index contributed by atoms with van der Waals surface area (Å²) in [5, 5.41) is 61.3. The van der Waals surface area contributed by atoms with Crippen molar-refractivity contribution in [2.75, 3.05) is 46.2 Å². The van der Waals surface area contributed by atoms with Crippen molar-refractivity contribution in [3.63, 3.8) is 0 Å². The number of hydrogen-bond donors (Lipinski definition) is 8. The molecule has 37 heteroatoms. The number of aromatic hydroxyl groups is 1. The SMILES string of the molecule is CC(O)CNc1nc(Cl)nc(Nc2ccc(S(=O)(=O)[O-])c(N=Nc3c(S(=O)(=O)[O-])cc4cc(S(=O)(=O)[O-])c(N=Nc5cc(Nc6nc(Cl)nc(N(CC(C)O)CC(C)O)n6)ccc5S(=O)(=O)[O-])c(N)c4c3O)c2)n1. The molecule has 3 unspecified atom stereocenters. The van der Waals surface area contributed by atoms with Gasteiger partial charge in [-0.05, 0) is 97.9 Å². The van der Waals surface area contributed by atoms with E-state index < -0.39 is 129 Å². The lowest BCUT2D eigenvalue weighted by Gasteiger charge is -2.25. The molecule has 2 aromatic heterocycles. The normalized spacial score (nSPS) is 13.8. The first kappa shape index (κ1) is 56.6. The van der Waals surface area contributed by atoms with E-state index in [1.807, 2.05) is 0 Å². The van der Waals surface area contributed by atoms with Crippen LogP contribution in [0.25, 0.3) is 10.8 Å². The standard InChI is InChI=1S/C37H39Cl2N15O16S4/c1-15(55)12-41-34-44-32(38)45-35(48-34)42-19-4-6-24(72(62,63)64)22(10-19)51-53-30-26(74(68,69)70)9-18-8-25(73(65,66)67)29(28(40)27(18)31(30)58)52-50-21-11-20(5-7-23(21)71(59,60)61)43-36-46-33(39)47-37(49-36)54(13-16(2)56)14-17(3)57/h4-11,15-17,55-58H,12-14,40H2,1-3H3,(H,59,60,61)(H,62,63,64)(H,65,66,67)(H,68,69,70)(H,43,46,47,49)(H2,41,42,44,45,48)/p-4. The molecule has 396 valence electrons. The van der Waals surface area contributed by atoms with Crippen molar-refractivity contribution >= 4 is 138 Å². The molecule has 4 aromatic carbocycles. The van der Waals surface area contributed by atoms with Gasteiger partial charge < -0.3 is 65.2 Å². The largest absolute Gasteiger partial charge is 0.744 e. The van der Waals surface area contributed by atoms with E-state index >= 15 is 0 Å². The van der Waals surface area contributed by atoms with Crippen LogP contribution in [0.5, 0.6) is 5.75 Å². The lowest BCUT2D eigenvalue weighted by atomic mass is 10.1. The van der Waals surface area contributed by atoms with E-state index in [0.29, 0.717) is 12.1 Å². The number of benzene rings is 4. The first-order valence-corrected chi connectivity index (χ1v) is 26.6. The zero-order chi connectivity index (χ0) is 54.8. The number of phenols is 1. The van der Waals surface area contributed by atoms with Crippen LogP contribution in [0.3, 0.4) is 0 Å². The molecule has 6 rings (SSSR count). The quantitative estimate of drug-likeness (QED) is 0.0309. The minimum Gasteiger partial charge on any atom is -0.744 e. The maximum Gasteiger partial charge on any atom is 0.233 e. The molecule has 6 aromatic rings. The highest BCUT2D eigenvalue weighted by Gasteiger charge is 2.26. The molecular formula is C37H35Cl2N15O16S4-4. The summed E-state index contributed by atoms with van der Waals surface area (Å²) >= 11 is 12.1. The lowest BCUT2D eigenvalue weighted by molar-refractivity contribution is 0.177. The number of nitrogens with zero attached hydrogens (tertiary/aromatic N) is 11. The van der Waals surface area contributed by atoms with Gasteiger partial charge in [0.05, 0.1) is 49.0 Å². The van der Waals surface area contributed by atoms with Crippen LogP contribution in [-0.4, -0.2) is 140 Å². The fourth-order valence-electron chi connectivity index (χ4n) is 6.46. The van der Waals surface area contributed by atoms with Crippen molar-refractivity contribution in [1.29, 1.82) is 0 Å². The predicted octanol–water partition coefficient (Wildman–Crippen LogP) is 3.10. The van der Waals surface area contributed by atoms with Gasteiger partial charge in [0, 0.05) is 31.0 Å². The zero-order valence-electron chi connectivity index (χ0n) is 37.5. The van der Waals surface area contributed by atoms with Gasteiger partial charge in [-0.2, -0.15) is 29.9 Å². The second-order valence-corrected chi connectivity index (χ2v) is 21.5. The topological polar surface area (TPSA) is 502 Å². The number of phenolic OH excluding ortho intramolecular Hbond substituents is 1. The number of hydrogen-bond acceptors (Lipinski definition) is 31. The summed E-state index contributed by atoms with van der Waals surface area (Å²) in [7, 11) is -22.5. The van der Waals surface area contributed by atoms with Crippen molar-refractivity contribution in [3.8, 4) is 5.75 Å². The Labute approximate surface area is 428 Å². The number of halogens is 2. The number of nitrogens with two attached hydrogens (primary N) is 1. The number of nitrogens with one attached hydrogen (secondary N) is 3. The Balaban J connectivity index is 1.48. The van der Waals surface area contributed by atoms with Gasteiger partial charge in [0.2, 0.25) is 34.4 Å². The number of fused-ring (bicyclic) bond motifs is 1. The number of aliphatic hydroxyl groups is 3. The van der Waals surface area contributed by atoms with Crippen LogP contribution in [0.4, 0.5) is 63.6 Å². The van der Waals surface area contributed by atoms with Crippen LogP contribution in [0.1, 0.15) is 20.8 Å². The highest BCUT2D eigenvalue weighted by Crippen LogP contribution is 2.49. The molecule has 0 spiro atoms. The summed E-state index contributed by atoms with van der Waals surface area (Å²) in [5.74, 6) is -2.27.